The van der Waals surface area contributed by atoms with E-state index in [2.05, 4.69) is 39.2 Å². The Morgan fingerprint density at radius 2 is 1.97 bits per heavy atom. The van der Waals surface area contributed by atoms with Crippen molar-refractivity contribution in [3.63, 3.8) is 0 Å². The average Bonchev–Trinajstić information content (AvgIpc) is 3.16. The number of fused-ring (bicyclic) bond motifs is 5. The number of benzene rings is 1. The van der Waals surface area contributed by atoms with E-state index >= 15 is 0 Å². The molecule has 0 spiro atoms. The van der Waals surface area contributed by atoms with E-state index in [0.29, 0.717) is 31.4 Å². The van der Waals surface area contributed by atoms with Crippen LogP contribution in [0.3, 0.4) is 0 Å². The molecule has 174 valence electrons. The third-order valence-electron chi connectivity index (χ3n) is 7.06. The summed E-state index contributed by atoms with van der Waals surface area (Å²) in [6, 6.07) is 13.8. The van der Waals surface area contributed by atoms with Crippen molar-refractivity contribution in [2.24, 2.45) is 5.92 Å². The fourth-order valence-electron chi connectivity index (χ4n) is 5.61. The van der Waals surface area contributed by atoms with Gasteiger partial charge in [-0.3, -0.25) is 9.59 Å². The van der Waals surface area contributed by atoms with Crippen LogP contribution in [0.25, 0.3) is 10.9 Å². The Morgan fingerprint density at radius 1 is 1.09 bits per heavy atom. The van der Waals surface area contributed by atoms with E-state index in [1.807, 2.05) is 22.8 Å². The fraction of sp³-hybridized carbons (Fsp3) is 0.462. The van der Waals surface area contributed by atoms with E-state index in [-0.39, 0.29) is 11.5 Å². The normalized spacial score (nSPS) is 20.0. The molecule has 1 aromatic carbocycles. The highest BCUT2D eigenvalue weighted by molar-refractivity contribution is 5.89. The fourth-order valence-corrected chi connectivity index (χ4v) is 5.61. The summed E-state index contributed by atoms with van der Waals surface area (Å²) in [5.74, 6) is 0.962. The molecule has 7 heteroatoms. The lowest BCUT2D eigenvalue weighted by molar-refractivity contribution is -0.120. The van der Waals surface area contributed by atoms with E-state index in [4.69, 9.17) is 4.74 Å². The van der Waals surface area contributed by atoms with Crippen LogP contribution in [0.1, 0.15) is 23.6 Å². The number of nitrogens with one attached hydrogen (secondary N) is 1. The Hall–Kier alpha value is -2.90. The monoisotopic (exact) mass is 448 g/mol. The summed E-state index contributed by atoms with van der Waals surface area (Å²) in [4.78, 5) is 27.4. The number of amides is 1. The van der Waals surface area contributed by atoms with Gasteiger partial charge < -0.3 is 24.1 Å². The molecule has 33 heavy (non-hydrogen) atoms. The quantitative estimate of drug-likeness (QED) is 0.574. The van der Waals surface area contributed by atoms with Crippen LogP contribution in [0, 0.1) is 5.92 Å². The van der Waals surface area contributed by atoms with Gasteiger partial charge in [-0.1, -0.05) is 24.3 Å². The van der Waals surface area contributed by atoms with Crippen LogP contribution < -0.4 is 10.9 Å². The molecule has 4 heterocycles. The van der Waals surface area contributed by atoms with Gasteiger partial charge in [0.15, 0.2) is 0 Å². The van der Waals surface area contributed by atoms with Gasteiger partial charge in [0.2, 0.25) is 5.91 Å². The van der Waals surface area contributed by atoms with E-state index in [0.717, 1.165) is 61.3 Å². The van der Waals surface area contributed by atoms with Crippen LogP contribution in [0.2, 0.25) is 0 Å². The Balaban J connectivity index is 1.17. The number of likely N-dealkylation sites (tertiary alicyclic amines) is 1. The van der Waals surface area contributed by atoms with Crippen LogP contribution >= 0.6 is 0 Å². The molecule has 0 aliphatic carbocycles. The largest absolute Gasteiger partial charge is 0.383 e. The van der Waals surface area contributed by atoms with Gasteiger partial charge in [-0.05, 0) is 30.0 Å². The molecule has 0 radical (unpaired) electrons. The molecule has 1 fully saturated rings. The van der Waals surface area contributed by atoms with Gasteiger partial charge in [-0.25, -0.2) is 0 Å². The standard InChI is InChI=1S/C26H32N4O3/c1-33-12-11-29-18-20(22-5-2-3-6-24(22)29)14-25(31)27-9-10-28-15-19-13-21(17-28)23-7-4-8-26(32)30(23)16-19/h2-8,18-19,21H,9-17H2,1H3,(H,27,31)/t19-,21+/m1/s1. The highest BCUT2D eigenvalue weighted by atomic mass is 16.5. The van der Waals surface area contributed by atoms with Gasteiger partial charge >= 0.3 is 0 Å². The van der Waals surface area contributed by atoms with Crippen molar-refractivity contribution in [2.75, 3.05) is 39.9 Å². The Kier molecular flexibility index (Phi) is 6.33. The molecule has 2 aliphatic rings. The topological polar surface area (TPSA) is 68.5 Å². The van der Waals surface area contributed by atoms with Gasteiger partial charge in [-0.15, -0.1) is 0 Å². The lowest BCUT2D eigenvalue weighted by Gasteiger charge is -2.42. The third kappa shape index (κ3) is 4.61. The smallest absolute Gasteiger partial charge is 0.250 e. The zero-order valence-electron chi connectivity index (χ0n) is 19.2. The molecule has 2 aromatic heterocycles. The van der Waals surface area contributed by atoms with Crippen molar-refractivity contribution in [1.29, 1.82) is 0 Å². The van der Waals surface area contributed by atoms with Crippen molar-refractivity contribution >= 4 is 16.8 Å². The summed E-state index contributed by atoms with van der Waals surface area (Å²) in [6.07, 6.45) is 3.61. The predicted molar refractivity (Wildman–Crippen MR) is 129 cm³/mol. The highest BCUT2D eigenvalue weighted by Crippen LogP contribution is 2.34. The molecule has 2 atom stereocenters. The van der Waals surface area contributed by atoms with E-state index in [9.17, 15) is 9.59 Å². The zero-order chi connectivity index (χ0) is 22.8. The molecule has 1 amide bonds. The van der Waals surface area contributed by atoms with E-state index in [1.165, 1.54) is 0 Å². The van der Waals surface area contributed by atoms with Crippen molar-refractivity contribution in [3.05, 3.63) is 70.3 Å². The predicted octanol–water partition coefficient (Wildman–Crippen LogP) is 2.23. The number of aromatic nitrogens is 2. The molecule has 2 bridgehead atoms. The first-order valence-electron chi connectivity index (χ1n) is 11.9. The summed E-state index contributed by atoms with van der Waals surface area (Å²) in [7, 11) is 1.70. The molecular formula is C26H32N4O3. The molecule has 1 N–H and O–H groups in total. The minimum atomic E-state index is 0.0544. The molecule has 3 aromatic rings. The number of para-hydroxylation sites is 1. The first kappa shape index (κ1) is 21.9. The number of methoxy groups -OCH3 is 1. The molecule has 7 nitrogen and oxygen atoms in total. The lowest BCUT2D eigenvalue weighted by Crippen LogP contribution is -2.48. The minimum absolute atomic E-state index is 0.0544. The summed E-state index contributed by atoms with van der Waals surface area (Å²) in [6.45, 7) is 5.63. The Morgan fingerprint density at radius 3 is 2.85 bits per heavy atom. The number of piperidine rings is 1. The maximum absolute atomic E-state index is 12.7. The van der Waals surface area contributed by atoms with Gasteiger partial charge in [0.25, 0.3) is 5.56 Å². The molecule has 1 saturated heterocycles. The lowest BCUT2D eigenvalue weighted by atomic mass is 9.83. The number of nitrogens with zero attached hydrogens (tertiary/aromatic N) is 3. The zero-order valence-corrected chi connectivity index (χ0v) is 19.2. The van der Waals surface area contributed by atoms with E-state index in [1.54, 1.807) is 13.2 Å². The van der Waals surface area contributed by atoms with Crippen molar-refractivity contribution in [1.82, 2.24) is 19.4 Å². The van der Waals surface area contributed by atoms with Gasteiger partial charge in [0.05, 0.1) is 13.0 Å². The molecule has 5 rings (SSSR count). The average molecular weight is 449 g/mol. The van der Waals surface area contributed by atoms with Crippen molar-refractivity contribution in [2.45, 2.75) is 31.8 Å². The van der Waals surface area contributed by atoms with Crippen LogP contribution in [-0.4, -0.2) is 59.8 Å². The van der Waals surface area contributed by atoms with Crippen molar-refractivity contribution < 1.29 is 9.53 Å². The highest BCUT2D eigenvalue weighted by Gasteiger charge is 2.34. The number of pyridine rings is 1. The molecule has 0 saturated carbocycles. The molecule has 0 unspecified atom stereocenters. The van der Waals surface area contributed by atoms with Crippen LogP contribution in [-0.2, 0) is 29.0 Å². The van der Waals surface area contributed by atoms with Gasteiger partial charge in [0.1, 0.15) is 0 Å². The van der Waals surface area contributed by atoms with Crippen LogP contribution in [0.15, 0.2) is 53.5 Å². The van der Waals surface area contributed by atoms with Crippen molar-refractivity contribution in [3.8, 4) is 0 Å². The Bertz CT molecular complexity index is 1200. The number of carbonyl (C=O) groups excluding carboxylic acids is 1. The second-order valence-corrected chi connectivity index (χ2v) is 9.34. The number of rotatable bonds is 8. The SMILES string of the molecule is COCCn1cc(CC(=O)NCCN2C[C@H]3C[C@@H](C2)c2cccc(=O)n2C3)c2ccccc21. The second-order valence-electron chi connectivity index (χ2n) is 9.34. The number of ether oxygens (including phenoxy) is 1. The summed E-state index contributed by atoms with van der Waals surface area (Å²) in [5, 5.41) is 4.25. The van der Waals surface area contributed by atoms with Crippen LogP contribution in [0.4, 0.5) is 0 Å². The maximum atomic E-state index is 12.7. The van der Waals surface area contributed by atoms with Crippen LogP contribution in [0.5, 0.6) is 0 Å². The number of hydrogen-bond acceptors (Lipinski definition) is 4. The Labute approximate surface area is 193 Å². The summed E-state index contributed by atoms with van der Waals surface area (Å²) >= 11 is 0. The second kappa shape index (κ2) is 9.53. The number of hydrogen-bond donors (Lipinski definition) is 1. The minimum Gasteiger partial charge on any atom is -0.383 e. The van der Waals surface area contributed by atoms with E-state index < -0.39 is 0 Å². The molecule has 2 aliphatic heterocycles. The van der Waals surface area contributed by atoms with Gasteiger partial charge in [-0.2, -0.15) is 0 Å². The maximum Gasteiger partial charge on any atom is 0.250 e. The first-order valence-corrected chi connectivity index (χ1v) is 11.9. The third-order valence-corrected chi connectivity index (χ3v) is 7.06. The number of carbonyl (C=O) groups is 1. The first-order chi connectivity index (χ1) is 16.1. The summed E-state index contributed by atoms with van der Waals surface area (Å²) in [5.41, 5.74) is 3.47. The van der Waals surface area contributed by atoms with Gasteiger partial charge in [0, 0.05) is 81.2 Å². The molecular weight excluding hydrogens is 416 g/mol. The summed E-state index contributed by atoms with van der Waals surface area (Å²) < 4.78 is 9.35.